The summed E-state index contributed by atoms with van der Waals surface area (Å²) in [5.41, 5.74) is 0.753. The summed E-state index contributed by atoms with van der Waals surface area (Å²) in [6.45, 7) is -2.13. The van der Waals surface area contributed by atoms with Gasteiger partial charge in [0, 0.05) is 18.0 Å². The first-order valence-electron chi connectivity index (χ1n) is 8.74. The topological polar surface area (TPSA) is 56.8 Å². The number of hydrogen-bond donors (Lipinski definition) is 1. The summed E-state index contributed by atoms with van der Waals surface area (Å²) in [5.74, 6) is 0.804. The smallest absolute Gasteiger partial charge is 0.387 e. The monoisotopic (exact) mass is 413 g/mol. The molecule has 0 saturated heterocycles. The molecule has 0 unspecified atom stereocenters. The fourth-order valence-electron chi connectivity index (χ4n) is 2.45. The fraction of sp³-hybridized carbons (Fsp3) is 0.350. The van der Waals surface area contributed by atoms with Gasteiger partial charge in [0.25, 0.3) is 0 Å². The van der Waals surface area contributed by atoms with Crippen LogP contribution in [0.4, 0.5) is 8.78 Å². The Morgan fingerprint density at radius 1 is 1.14 bits per heavy atom. The number of methoxy groups -OCH3 is 1. The lowest BCUT2D eigenvalue weighted by atomic mass is 10.1. The van der Waals surface area contributed by atoms with E-state index in [1.807, 2.05) is 0 Å². The van der Waals surface area contributed by atoms with Crippen molar-refractivity contribution in [3.8, 4) is 17.2 Å². The maximum absolute atomic E-state index is 12.4. The molecule has 0 spiro atoms. The molecule has 0 saturated carbocycles. The molecule has 2 rings (SSSR count). The van der Waals surface area contributed by atoms with Gasteiger partial charge in [-0.2, -0.15) is 8.78 Å². The lowest BCUT2D eigenvalue weighted by Crippen LogP contribution is -2.25. The van der Waals surface area contributed by atoms with Crippen LogP contribution < -0.4 is 19.5 Å². The lowest BCUT2D eigenvalue weighted by molar-refractivity contribution is -0.121. The highest BCUT2D eigenvalue weighted by Crippen LogP contribution is 2.29. The molecule has 152 valence electrons. The average molecular weight is 414 g/mol. The predicted molar refractivity (Wildman–Crippen MR) is 103 cm³/mol. The molecule has 2 aromatic carbocycles. The quantitative estimate of drug-likeness (QED) is 0.552. The van der Waals surface area contributed by atoms with E-state index in [1.54, 1.807) is 36.4 Å². The summed E-state index contributed by atoms with van der Waals surface area (Å²) in [7, 11) is 1.38. The third-order valence-corrected chi connectivity index (χ3v) is 4.06. The van der Waals surface area contributed by atoms with Crippen LogP contribution >= 0.6 is 11.6 Å². The van der Waals surface area contributed by atoms with Crippen LogP contribution in [0.2, 0.25) is 5.02 Å². The Bertz CT molecular complexity index is 756. The van der Waals surface area contributed by atoms with E-state index in [-0.39, 0.29) is 17.4 Å². The van der Waals surface area contributed by atoms with Crippen LogP contribution in [0.15, 0.2) is 42.5 Å². The minimum atomic E-state index is -2.93. The van der Waals surface area contributed by atoms with Gasteiger partial charge >= 0.3 is 6.61 Å². The number of carbonyl (C=O) groups is 1. The molecule has 1 N–H and O–H groups in total. The second-order valence-electron chi connectivity index (χ2n) is 5.87. The van der Waals surface area contributed by atoms with Crippen LogP contribution in [0.5, 0.6) is 17.2 Å². The van der Waals surface area contributed by atoms with Crippen LogP contribution in [-0.4, -0.2) is 32.8 Å². The predicted octanol–water partition coefficient (Wildman–Crippen LogP) is 4.47. The molecule has 0 bridgehead atoms. The summed E-state index contributed by atoms with van der Waals surface area (Å²) in [6.07, 6.45) is 1.38. The molecule has 0 aliphatic rings. The van der Waals surface area contributed by atoms with Gasteiger partial charge in [0.2, 0.25) is 5.91 Å². The van der Waals surface area contributed by atoms with Crippen molar-refractivity contribution in [2.24, 2.45) is 0 Å². The van der Waals surface area contributed by atoms with Gasteiger partial charge in [-0.15, -0.1) is 0 Å². The van der Waals surface area contributed by atoms with E-state index >= 15 is 0 Å². The van der Waals surface area contributed by atoms with Gasteiger partial charge in [-0.1, -0.05) is 17.7 Å². The summed E-state index contributed by atoms with van der Waals surface area (Å²) >= 11 is 5.80. The van der Waals surface area contributed by atoms with Gasteiger partial charge in [-0.25, -0.2) is 0 Å². The largest absolute Gasteiger partial charge is 0.494 e. The Morgan fingerprint density at radius 2 is 1.89 bits per heavy atom. The van der Waals surface area contributed by atoms with Gasteiger partial charge in [0.15, 0.2) is 11.5 Å². The molecule has 0 fully saturated rings. The van der Waals surface area contributed by atoms with E-state index in [9.17, 15) is 13.6 Å². The minimum Gasteiger partial charge on any atom is -0.494 e. The first-order chi connectivity index (χ1) is 13.5. The molecular weight excluding hydrogens is 392 g/mol. The lowest BCUT2D eigenvalue weighted by Gasteiger charge is -2.12. The zero-order valence-electron chi connectivity index (χ0n) is 15.4. The molecule has 5 nitrogen and oxygen atoms in total. The number of nitrogens with one attached hydrogen (secondary N) is 1. The summed E-state index contributed by atoms with van der Waals surface area (Å²) in [6, 6.07) is 11.8. The van der Waals surface area contributed by atoms with Crippen LogP contribution in [0.3, 0.4) is 0 Å². The molecule has 2 aromatic rings. The Kier molecular flexibility index (Phi) is 8.81. The zero-order valence-corrected chi connectivity index (χ0v) is 16.2. The van der Waals surface area contributed by atoms with Gasteiger partial charge in [0.1, 0.15) is 5.75 Å². The number of amides is 1. The molecular formula is C20H22ClF2NO4. The highest BCUT2D eigenvalue weighted by Gasteiger charge is 2.11. The van der Waals surface area contributed by atoms with E-state index in [1.165, 1.54) is 13.2 Å². The van der Waals surface area contributed by atoms with Gasteiger partial charge in [-0.3, -0.25) is 4.79 Å². The fourth-order valence-corrected chi connectivity index (χ4v) is 2.58. The highest BCUT2D eigenvalue weighted by atomic mass is 35.5. The molecule has 8 heteroatoms. The molecule has 0 aromatic heterocycles. The Balaban J connectivity index is 1.68. The number of hydrogen-bond acceptors (Lipinski definition) is 4. The molecule has 28 heavy (non-hydrogen) atoms. The number of alkyl halides is 2. The third kappa shape index (κ3) is 7.60. The van der Waals surface area contributed by atoms with Crippen LogP contribution in [0.1, 0.15) is 18.4 Å². The van der Waals surface area contributed by atoms with E-state index in [4.69, 9.17) is 21.1 Å². The second kappa shape index (κ2) is 11.3. The number of rotatable bonds is 11. The average Bonchev–Trinajstić information content (AvgIpc) is 2.66. The van der Waals surface area contributed by atoms with Gasteiger partial charge in [0.05, 0.1) is 13.7 Å². The number of halogens is 3. The van der Waals surface area contributed by atoms with Crippen molar-refractivity contribution in [1.82, 2.24) is 5.32 Å². The van der Waals surface area contributed by atoms with Crippen molar-refractivity contribution in [3.05, 3.63) is 53.1 Å². The molecule has 1 amide bonds. The van der Waals surface area contributed by atoms with Gasteiger partial charge in [-0.05, 0) is 54.8 Å². The van der Waals surface area contributed by atoms with Crippen LogP contribution in [-0.2, 0) is 11.2 Å². The molecule has 0 heterocycles. The minimum absolute atomic E-state index is 0.0272. The number of benzene rings is 2. The van der Waals surface area contributed by atoms with E-state index in [2.05, 4.69) is 10.1 Å². The maximum atomic E-state index is 12.4. The highest BCUT2D eigenvalue weighted by molar-refractivity contribution is 6.30. The second-order valence-corrected chi connectivity index (χ2v) is 6.31. The van der Waals surface area contributed by atoms with Crippen molar-refractivity contribution in [3.63, 3.8) is 0 Å². The van der Waals surface area contributed by atoms with Crippen molar-refractivity contribution in [2.75, 3.05) is 20.3 Å². The first kappa shape index (κ1) is 21.8. The Morgan fingerprint density at radius 3 is 2.57 bits per heavy atom. The molecule has 0 atom stereocenters. The van der Waals surface area contributed by atoms with Crippen LogP contribution in [0, 0.1) is 0 Å². The summed E-state index contributed by atoms with van der Waals surface area (Å²) in [4.78, 5) is 11.9. The van der Waals surface area contributed by atoms with Gasteiger partial charge < -0.3 is 19.5 Å². The zero-order chi connectivity index (χ0) is 20.4. The first-order valence-corrected chi connectivity index (χ1v) is 9.12. The molecule has 0 radical (unpaired) electrons. The van der Waals surface area contributed by atoms with E-state index in [0.717, 1.165) is 5.56 Å². The Labute approximate surface area is 167 Å². The third-order valence-electron chi connectivity index (χ3n) is 3.81. The molecule has 0 aliphatic heterocycles. The van der Waals surface area contributed by atoms with Crippen LogP contribution in [0.25, 0.3) is 0 Å². The standard InChI is InChI=1S/C20H22ClF2NO4/c1-26-17-9-4-14(13-18(17)28-20(22)23)10-11-24-19(25)3-2-12-27-16-7-5-15(21)6-8-16/h4-9,13,20H,2-3,10-12H2,1H3,(H,24,25). The van der Waals surface area contributed by atoms with Crippen molar-refractivity contribution < 1.29 is 27.8 Å². The molecule has 0 aliphatic carbocycles. The van der Waals surface area contributed by atoms with Crippen molar-refractivity contribution in [2.45, 2.75) is 25.9 Å². The SMILES string of the molecule is COc1ccc(CCNC(=O)CCCOc2ccc(Cl)cc2)cc1OC(F)F. The van der Waals surface area contributed by atoms with Crippen molar-refractivity contribution in [1.29, 1.82) is 0 Å². The van der Waals surface area contributed by atoms with Crippen molar-refractivity contribution >= 4 is 17.5 Å². The summed E-state index contributed by atoms with van der Waals surface area (Å²) in [5, 5.41) is 3.43. The maximum Gasteiger partial charge on any atom is 0.387 e. The number of carbonyl (C=O) groups excluding carboxylic acids is 1. The summed E-state index contributed by atoms with van der Waals surface area (Å²) < 4.78 is 39.9. The van der Waals surface area contributed by atoms with E-state index < -0.39 is 6.61 Å². The Hall–Kier alpha value is -2.54. The normalized spacial score (nSPS) is 10.6. The van der Waals surface area contributed by atoms with E-state index in [0.29, 0.717) is 43.2 Å². The number of ether oxygens (including phenoxy) is 3.